The highest BCUT2D eigenvalue weighted by Crippen LogP contribution is 2.07. The van der Waals surface area contributed by atoms with Gasteiger partial charge < -0.3 is 10.6 Å². The maximum absolute atomic E-state index is 4.60. The third-order valence-electron chi connectivity index (χ3n) is 3.37. The summed E-state index contributed by atoms with van der Waals surface area (Å²) in [6.07, 6.45) is 2.77. The normalized spacial score (nSPS) is 11.8. The fourth-order valence-corrected chi connectivity index (χ4v) is 2.91. The number of hydrogen-bond donors (Lipinski definition) is 2. The monoisotopic (exact) mass is 328 g/mol. The molecule has 2 N–H and O–H groups in total. The zero-order valence-electron chi connectivity index (χ0n) is 13.1. The fourth-order valence-electron chi connectivity index (χ4n) is 2.25. The van der Waals surface area contributed by atoms with Crippen molar-refractivity contribution in [1.82, 2.24) is 25.2 Å². The number of guanidine groups is 1. The van der Waals surface area contributed by atoms with Gasteiger partial charge in [0.1, 0.15) is 5.82 Å². The lowest BCUT2D eigenvalue weighted by atomic mass is 10.3. The van der Waals surface area contributed by atoms with Crippen molar-refractivity contribution in [2.75, 3.05) is 13.1 Å². The summed E-state index contributed by atoms with van der Waals surface area (Å²) < 4.78 is 2.01. The quantitative estimate of drug-likeness (QED) is 0.537. The fraction of sp³-hybridized carbons (Fsp3) is 0.312. The maximum atomic E-state index is 4.60. The summed E-state index contributed by atoms with van der Waals surface area (Å²) in [5.41, 5.74) is 2.11. The molecule has 0 spiro atoms. The van der Waals surface area contributed by atoms with Crippen LogP contribution in [0.15, 0.2) is 46.2 Å². The zero-order chi connectivity index (χ0) is 15.9. The number of hydrogen-bond acceptors (Lipinski definition) is 4. The molecule has 23 heavy (non-hydrogen) atoms. The summed E-state index contributed by atoms with van der Waals surface area (Å²) in [6.45, 7) is 4.34. The van der Waals surface area contributed by atoms with Gasteiger partial charge in [0.25, 0.3) is 0 Å². The van der Waals surface area contributed by atoms with E-state index < -0.39 is 0 Å². The van der Waals surface area contributed by atoms with Gasteiger partial charge in [-0.15, -0.1) is 10.2 Å². The Morgan fingerprint density at radius 1 is 1.26 bits per heavy atom. The largest absolute Gasteiger partial charge is 0.357 e. The Bertz CT molecular complexity index is 762. The number of aliphatic imine (C=N–C) groups is 1. The molecule has 0 saturated heterocycles. The summed E-state index contributed by atoms with van der Waals surface area (Å²) in [7, 11) is 0. The second-order valence-corrected chi connectivity index (χ2v) is 5.83. The molecule has 0 aliphatic rings. The summed E-state index contributed by atoms with van der Waals surface area (Å²) in [4.78, 5) is 4.60. The van der Waals surface area contributed by atoms with Gasteiger partial charge in [0.05, 0.1) is 6.54 Å². The van der Waals surface area contributed by atoms with E-state index in [1.165, 1.54) is 5.56 Å². The van der Waals surface area contributed by atoms with Crippen LogP contribution < -0.4 is 10.6 Å². The molecule has 3 aromatic heterocycles. The van der Waals surface area contributed by atoms with Crippen LogP contribution in [0.5, 0.6) is 0 Å². The van der Waals surface area contributed by atoms with Gasteiger partial charge in [-0.1, -0.05) is 6.07 Å². The smallest absolute Gasteiger partial charge is 0.191 e. The minimum atomic E-state index is 0.687. The lowest BCUT2D eigenvalue weighted by molar-refractivity contribution is 0.763. The van der Waals surface area contributed by atoms with Crippen molar-refractivity contribution in [3.63, 3.8) is 0 Å². The number of fused-ring (bicyclic) bond motifs is 1. The van der Waals surface area contributed by atoms with Crippen LogP contribution in [-0.2, 0) is 13.0 Å². The highest BCUT2D eigenvalue weighted by atomic mass is 32.1. The third-order valence-corrected chi connectivity index (χ3v) is 4.10. The van der Waals surface area contributed by atoms with Gasteiger partial charge in [-0.3, -0.25) is 4.40 Å². The Morgan fingerprint density at radius 3 is 3.04 bits per heavy atom. The van der Waals surface area contributed by atoms with Crippen molar-refractivity contribution < 1.29 is 0 Å². The summed E-state index contributed by atoms with van der Waals surface area (Å²) in [5, 5.41) is 19.2. The Labute approximate surface area is 139 Å². The minimum absolute atomic E-state index is 0.687. The van der Waals surface area contributed by atoms with Crippen LogP contribution in [0.3, 0.4) is 0 Å². The molecule has 0 atom stereocenters. The summed E-state index contributed by atoms with van der Waals surface area (Å²) in [5.74, 6) is 1.77. The number of rotatable bonds is 6. The van der Waals surface area contributed by atoms with Crippen LogP contribution in [0.4, 0.5) is 0 Å². The Balaban J connectivity index is 1.57. The van der Waals surface area contributed by atoms with E-state index in [0.29, 0.717) is 6.54 Å². The van der Waals surface area contributed by atoms with Crippen LogP contribution in [0.25, 0.3) is 5.65 Å². The Morgan fingerprint density at radius 2 is 2.22 bits per heavy atom. The van der Waals surface area contributed by atoms with Crippen LogP contribution in [0, 0.1) is 0 Å². The number of pyridine rings is 1. The number of aromatic nitrogens is 3. The SMILES string of the molecule is CCNC(=NCc1ccsc1)NCCc1nnc2ccccn12. The lowest BCUT2D eigenvalue weighted by Crippen LogP contribution is -2.38. The predicted octanol–water partition coefficient (Wildman–Crippen LogP) is 2.09. The summed E-state index contributed by atoms with van der Waals surface area (Å²) in [6, 6.07) is 8.00. The van der Waals surface area contributed by atoms with E-state index >= 15 is 0 Å². The predicted molar refractivity (Wildman–Crippen MR) is 93.8 cm³/mol. The van der Waals surface area contributed by atoms with Gasteiger partial charge in [-0.25, -0.2) is 4.99 Å². The van der Waals surface area contributed by atoms with E-state index in [4.69, 9.17) is 0 Å². The van der Waals surface area contributed by atoms with Crippen molar-refractivity contribution in [3.05, 3.63) is 52.6 Å². The third kappa shape index (κ3) is 4.07. The minimum Gasteiger partial charge on any atom is -0.357 e. The van der Waals surface area contributed by atoms with Gasteiger partial charge in [0, 0.05) is 25.7 Å². The Hall–Kier alpha value is -2.41. The van der Waals surface area contributed by atoms with Crippen molar-refractivity contribution in [3.8, 4) is 0 Å². The molecule has 0 bridgehead atoms. The van der Waals surface area contributed by atoms with E-state index in [1.807, 2.05) is 28.8 Å². The molecule has 0 aromatic carbocycles. The maximum Gasteiger partial charge on any atom is 0.191 e. The van der Waals surface area contributed by atoms with Crippen LogP contribution >= 0.6 is 11.3 Å². The second kappa shape index (κ2) is 7.73. The van der Waals surface area contributed by atoms with Crippen molar-refractivity contribution >= 4 is 22.9 Å². The van der Waals surface area contributed by atoms with Gasteiger partial charge in [0.15, 0.2) is 11.6 Å². The van der Waals surface area contributed by atoms with Crippen LogP contribution in [-0.4, -0.2) is 33.6 Å². The van der Waals surface area contributed by atoms with Gasteiger partial charge in [-0.05, 0) is 41.4 Å². The van der Waals surface area contributed by atoms with E-state index in [0.717, 1.165) is 36.9 Å². The molecular formula is C16H20N6S. The first kappa shape index (κ1) is 15.5. The van der Waals surface area contributed by atoms with Gasteiger partial charge >= 0.3 is 0 Å². The van der Waals surface area contributed by atoms with Crippen LogP contribution in [0.1, 0.15) is 18.3 Å². The average Bonchev–Trinajstić information content (AvgIpc) is 3.22. The molecule has 0 amide bonds. The lowest BCUT2D eigenvalue weighted by Gasteiger charge is -2.10. The first-order chi connectivity index (χ1) is 11.4. The molecule has 0 aliphatic heterocycles. The molecule has 3 heterocycles. The first-order valence-corrected chi connectivity index (χ1v) is 8.63. The highest BCUT2D eigenvalue weighted by molar-refractivity contribution is 7.07. The molecule has 3 aromatic rings. The zero-order valence-corrected chi connectivity index (χ0v) is 13.9. The second-order valence-electron chi connectivity index (χ2n) is 5.05. The molecule has 0 unspecified atom stereocenters. The van der Waals surface area contributed by atoms with E-state index in [1.54, 1.807) is 11.3 Å². The Kier molecular flexibility index (Phi) is 5.21. The van der Waals surface area contributed by atoms with Gasteiger partial charge in [-0.2, -0.15) is 11.3 Å². The molecule has 0 radical (unpaired) electrons. The number of nitrogens with one attached hydrogen (secondary N) is 2. The van der Waals surface area contributed by atoms with Gasteiger partial charge in [0.2, 0.25) is 0 Å². The molecule has 7 heteroatoms. The van der Waals surface area contributed by atoms with Crippen molar-refractivity contribution in [2.24, 2.45) is 4.99 Å². The van der Waals surface area contributed by atoms with E-state index in [9.17, 15) is 0 Å². The van der Waals surface area contributed by atoms with E-state index in [2.05, 4.69) is 49.6 Å². The number of nitrogens with zero attached hydrogens (tertiary/aromatic N) is 4. The topological polar surface area (TPSA) is 66.6 Å². The van der Waals surface area contributed by atoms with Crippen molar-refractivity contribution in [1.29, 1.82) is 0 Å². The number of thiophene rings is 1. The molecule has 6 nitrogen and oxygen atoms in total. The molecule has 0 fully saturated rings. The molecule has 0 aliphatic carbocycles. The standard InChI is InChI=1S/C16H20N6S/c1-2-17-16(19-11-13-7-10-23-12-13)18-8-6-15-21-20-14-5-3-4-9-22(14)15/h3-5,7,9-10,12H,2,6,8,11H2,1H3,(H2,17,18,19). The van der Waals surface area contributed by atoms with E-state index in [-0.39, 0.29) is 0 Å². The highest BCUT2D eigenvalue weighted by Gasteiger charge is 2.04. The van der Waals surface area contributed by atoms with Crippen LogP contribution in [0.2, 0.25) is 0 Å². The average molecular weight is 328 g/mol. The molecule has 3 rings (SSSR count). The molecule has 0 saturated carbocycles. The molecule has 120 valence electrons. The first-order valence-electron chi connectivity index (χ1n) is 7.68. The van der Waals surface area contributed by atoms with Crippen molar-refractivity contribution in [2.45, 2.75) is 19.9 Å². The summed E-state index contributed by atoms with van der Waals surface area (Å²) >= 11 is 1.69. The molecular weight excluding hydrogens is 308 g/mol.